The van der Waals surface area contributed by atoms with E-state index in [0.717, 1.165) is 66.3 Å². The van der Waals surface area contributed by atoms with Crippen LogP contribution in [0.15, 0.2) is 182 Å². The Labute approximate surface area is 322 Å². The zero-order valence-corrected chi connectivity index (χ0v) is 30.0. The Morgan fingerprint density at radius 1 is 0.357 bits per heavy atom. The average molecular weight is 718 g/mol. The first-order valence-corrected chi connectivity index (χ1v) is 18.7. The summed E-state index contributed by atoms with van der Waals surface area (Å²) in [5.74, 6) is 3.50. The largest absolute Gasteiger partial charge is 0.277 e. The predicted octanol–water partition coefficient (Wildman–Crippen LogP) is 11.0. The molecule has 3 heterocycles. The molecule has 0 fully saturated rings. The van der Waals surface area contributed by atoms with E-state index in [9.17, 15) is 0 Å². The zero-order valence-electron chi connectivity index (χ0n) is 30.0. The number of hydrogen-bond donors (Lipinski definition) is 0. The number of rotatable bonds is 6. The van der Waals surface area contributed by atoms with Crippen molar-refractivity contribution in [2.75, 3.05) is 0 Å². The van der Waals surface area contributed by atoms with Crippen molar-refractivity contribution in [2.24, 2.45) is 0 Å². The minimum absolute atomic E-state index is 0.247. The first-order chi connectivity index (χ1) is 27.8. The van der Waals surface area contributed by atoms with Gasteiger partial charge in [0.2, 0.25) is 5.95 Å². The minimum Gasteiger partial charge on any atom is -0.277 e. The normalized spacial score (nSPS) is 13.2. The van der Waals surface area contributed by atoms with E-state index in [-0.39, 0.29) is 5.92 Å². The molecule has 0 saturated carbocycles. The molecular weight excluding hydrogens is 687 g/mol. The second-order valence-electron chi connectivity index (χ2n) is 13.9. The van der Waals surface area contributed by atoms with Gasteiger partial charge < -0.3 is 0 Å². The van der Waals surface area contributed by atoms with Crippen LogP contribution in [0.25, 0.3) is 84.4 Å². The molecular formula is C49H31N7. The van der Waals surface area contributed by atoms with E-state index in [0.29, 0.717) is 35.1 Å². The Balaban J connectivity index is 1.21. The van der Waals surface area contributed by atoms with Crippen LogP contribution in [0, 0.1) is 0 Å². The summed E-state index contributed by atoms with van der Waals surface area (Å²) in [6, 6.07) is 62.1. The molecule has 0 amide bonds. The third-order valence-corrected chi connectivity index (χ3v) is 10.6. The lowest BCUT2D eigenvalue weighted by Gasteiger charge is -2.15. The van der Waals surface area contributed by atoms with Gasteiger partial charge in [-0.15, -0.1) is 0 Å². The van der Waals surface area contributed by atoms with Crippen molar-refractivity contribution in [1.82, 2.24) is 34.5 Å². The van der Waals surface area contributed by atoms with Gasteiger partial charge in [0.15, 0.2) is 23.3 Å². The van der Waals surface area contributed by atoms with E-state index in [1.54, 1.807) is 0 Å². The van der Waals surface area contributed by atoms with Gasteiger partial charge in [0.25, 0.3) is 0 Å². The van der Waals surface area contributed by atoms with Crippen LogP contribution in [-0.2, 0) is 0 Å². The first kappa shape index (κ1) is 31.8. The fourth-order valence-corrected chi connectivity index (χ4v) is 8.08. The molecule has 7 nitrogen and oxygen atoms in total. The summed E-state index contributed by atoms with van der Waals surface area (Å²) >= 11 is 0. The van der Waals surface area contributed by atoms with Crippen molar-refractivity contribution in [3.63, 3.8) is 0 Å². The van der Waals surface area contributed by atoms with E-state index < -0.39 is 0 Å². The standard InChI is InChI=1S/C49H31N7/c1-5-17-31(18-6-1)44-50-45(32-19-7-2-8-20-32)53-48(52-44)42-37-27-14-13-26-36(37)41-39(42)30-29-38-35-25-15-16-28-40(35)56(43(38)41)49-54-46(33-21-9-3-10-22-33)51-47(55-49)34-23-11-4-12-24-34/h1-30,42H. The highest BCUT2D eigenvalue weighted by molar-refractivity contribution is 6.15. The van der Waals surface area contributed by atoms with Crippen molar-refractivity contribution >= 4 is 21.8 Å². The van der Waals surface area contributed by atoms with Gasteiger partial charge in [-0.1, -0.05) is 176 Å². The third-order valence-electron chi connectivity index (χ3n) is 10.6. The Bertz CT molecular complexity index is 2960. The lowest BCUT2D eigenvalue weighted by atomic mass is 9.95. The van der Waals surface area contributed by atoms with Crippen molar-refractivity contribution in [3.05, 3.63) is 199 Å². The Morgan fingerprint density at radius 2 is 0.821 bits per heavy atom. The summed E-state index contributed by atoms with van der Waals surface area (Å²) in [6.45, 7) is 0. The molecule has 56 heavy (non-hydrogen) atoms. The summed E-state index contributed by atoms with van der Waals surface area (Å²) in [7, 11) is 0. The van der Waals surface area contributed by atoms with Crippen LogP contribution in [0.2, 0.25) is 0 Å². The molecule has 1 atom stereocenters. The molecule has 10 aromatic rings. The van der Waals surface area contributed by atoms with Crippen LogP contribution in [0.4, 0.5) is 0 Å². The highest BCUT2D eigenvalue weighted by Crippen LogP contribution is 2.52. The van der Waals surface area contributed by atoms with Gasteiger partial charge in [-0.05, 0) is 22.8 Å². The van der Waals surface area contributed by atoms with Gasteiger partial charge in [-0.25, -0.2) is 19.9 Å². The van der Waals surface area contributed by atoms with Gasteiger partial charge >= 0.3 is 0 Å². The smallest absolute Gasteiger partial charge is 0.238 e. The predicted molar refractivity (Wildman–Crippen MR) is 222 cm³/mol. The van der Waals surface area contributed by atoms with E-state index in [4.69, 9.17) is 29.9 Å². The number of hydrogen-bond acceptors (Lipinski definition) is 6. The summed E-state index contributed by atoms with van der Waals surface area (Å²) in [6.07, 6.45) is 0. The van der Waals surface area contributed by atoms with Gasteiger partial charge in [-0.2, -0.15) is 9.97 Å². The molecule has 7 heteroatoms. The molecule has 0 radical (unpaired) electrons. The van der Waals surface area contributed by atoms with Gasteiger partial charge in [0, 0.05) is 38.6 Å². The molecule has 7 aromatic carbocycles. The molecule has 3 aromatic heterocycles. The summed E-state index contributed by atoms with van der Waals surface area (Å²) < 4.78 is 2.22. The number of para-hydroxylation sites is 1. The van der Waals surface area contributed by atoms with E-state index in [1.165, 1.54) is 0 Å². The summed E-state index contributed by atoms with van der Waals surface area (Å²) in [5.41, 5.74) is 10.3. The van der Waals surface area contributed by atoms with Gasteiger partial charge in [-0.3, -0.25) is 4.57 Å². The molecule has 0 spiro atoms. The minimum atomic E-state index is -0.247. The van der Waals surface area contributed by atoms with Crippen molar-refractivity contribution in [1.29, 1.82) is 0 Å². The Kier molecular flexibility index (Phi) is 7.41. The highest BCUT2D eigenvalue weighted by Gasteiger charge is 2.36. The van der Waals surface area contributed by atoms with E-state index in [1.807, 2.05) is 97.1 Å². The molecule has 0 aliphatic heterocycles. The maximum atomic E-state index is 5.24. The molecule has 0 bridgehead atoms. The topological polar surface area (TPSA) is 82.3 Å². The molecule has 1 aliphatic rings. The van der Waals surface area contributed by atoms with Crippen LogP contribution in [-0.4, -0.2) is 34.5 Å². The van der Waals surface area contributed by atoms with Crippen LogP contribution < -0.4 is 0 Å². The zero-order chi connectivity index (χ0) is 37.0. The lowest BCUT2D eigenvalue weighted by molar-refractivity contribution is 0.856. The lowest BCUT2D eigenvalue weighted by Crippen LogP contribution is -2.09. The van der Waals surface area contributed by atoms with E-state index in [2.05, 4.69) is 89.5 Å². The molecule has 11 rings (SSSR count). The van der Waals surface area contributed by atoms with Crippen LogP contribution in [0.3, 0.4) is 0 Å². The first-order valence-electron chi connectivity index (χ1n) is 18.7. The van der Waals surface area contributed by atoms with Gasteiger partial charge in [0.05, 0.1) is 17.0 Å². The van der Waals surface area contributed by atoms with Crippen LogP contribution in [0.5, 0.6) is 0 Å². The average Bonchev–Trinajstić information content (AvgIpc) is 3.80. The number of benzene rings is 7. The second-order valence-corrected chi connectivity index (χ2v) is 13.9. The molecule has 262 valence electrons. The number of nitrogens with zero attached hydrogens (tertiary/aromatic N) is 7. The van der Waals surface area contributed by atoms with Crippen molar-refractivity contribution < 1.29 is 0 Å². The maximum absolute atomic E-state index is 5.24. The summed E-state index contributed by atoms with van der Waals surface area (Å²) in [5, 5.41) is 2.23. The summed E-state index contributed by atoms with van der Waals surface area (Å²) in [4.78, 5) is 31.0. The molecule has 0 saturated heterocycles. The van der Waals surface area contributed by atoms with E-state index >= 15 is 0 Å². The molecule has 1 aliphatic carbocycles. The fourth-order valence-electron chi connectivity index (χ4n) is 8.08. The maximum Gasteiger partial charge on any atom is 0.238 e. The SMILES string of the molecule is c1ccc(-c2nc(-c3ccccc3)nc(C3c4ccccc4-c4c3ccc3c5ccccc5n(-c5nc(-c6ccccc6)nc(-c6ccccc6)n5)c43)n2)cc1. The quantitative estimate of drug-likeness (QED) is 0.170. The number of fused-ring (bicyclic) bond motifs is 7. The van der Waals surface area contributed by atoms with Crippen molar-refractivity contribution in [3.8, 4) is 62.6 Å². The Hall–Kier alpha value is -7.64. The monoisotopic (exact) mass is 717 g/mol. The number of aromatic nitrogens is 7. The van der Waals surface area contributed by atoms with Crippen molar-refractivity contribution in [2.45, 2.75) is 5.92 Å². The van der Waals surface area contributed by atoms with Gasteiger partial charge in [0.1, 0.15) is 5.82 Å². The Morgan fingerprint density at radius 3 is 1.38 bits per heavy atom. The van der Waals surface area contributed by atoms with Crippen LogP contribution in [0.1, 0.15) is 22.9 Å². The third kappa shape index (κ3) is 5.21. The molecule has 1 unspecified atom stereocenters. The highest BCUT2D eigenvalue weighted by atomic mass is 15.2. The molecule has 0 N–H and O–H groups in total. The second kappa shape index (κ2) is 13.0. The fraction of sp³-hybridized carbons (Fsp3) is 0.0204. The van der Waals surface area contributed by atoms with Crippen LogP contribution >= 0.6 is 0 Å².